The summed E-state index contributed by atoms with van der Waals surface area (Å²) in [6.45, 7) is 1.46. The first-order valence-corrected chi connectivity index (χ1v) is 5.97. The summed E-state index contributed by atoms with van der Waals surface area (Å²) in [5, 5.41) is 11.2. The number of carbonyl (C=O) groups excluding carboxylic acids is 1. The summed E-state index contributed by atoms with van der Waals surface area (Å²) in [6.07, 6.45) is 1.00. The van der Waals surface area contributed by atoms with E-state index in [1.807, 2.05) is 6.92 Å². The van der Waals surface area contributed by atoms with E-state index in [9.17, 15) is 9.59 Å². The van der Waals surface area contributed by atoms with Gasteiger partial charge in [-0.1, -0.05) is 0 Å². The van der Waals surface area contributed by atoms with Gasteiger partial charge in [-0.25, -0.2) is 4.79 Å². The maximum atomic E-state index is 11.5. The average Bonchev–Trinajstić information content (AvgIpc) is 2.35. The Labute approximate surface area is 111 Å². The van der Waals surface area contributed by atoms with Crippen molar-refractivity contribution in [3.05, 3.63) is 24.3 Å². The predicted octanol–water partition coefficient (Wildman–Crippen LogP) is 1.22. The number of ether oxygens (including phenoxy) is 1. The molecule has 19 heavy (non-hydrogen) atoms. The van der Waals surface area contributed by atoms with E-state index in [2.05, 4.69) is 5.32 Å². The van der Waals surface area contributed by atoms with Gasteiger partial charge in [0.1, 0.15) is 5.75 Å². The smallest absolute Gasteiger partial charge is 0.341 e. The van der Waals surface area contributed by atoms with Gasteiger partial charge in [0.05, 0.1) is 0 Å². The molecule has 0 saturated carbocycles. The molecule has 0 fully saturated rings. The van der Waals surface area contributed by atoms with E-state index in [1.54, 1.807) is 24.3 Å². The second kappa shape index (κ2) is 7.38. The number of hydrogen-bond acceptors (Lipinski definition) is 4. The zero-order valence-corrected chi connectivity index (χ0v) is 10.8. The molecule has 1 rings (SSSR count). The summed E-state index contributed by atoms with van der Waals surface area (Å²) in [4.78, 5) is 21.9. The predicted molar refractivity (Wildman–Crippen MR) is 71.1 cm³/mol. The van der Waals surface area contributed by atoms with Crippen LogP contribution in [0.4, 0.5) is 5.69 Å². The molecule has 0 radical (unpaired) electrons. The minimum absolute atomic E-state index is 0.00227. The molecule has 0 spiro atoms. The van der Waals surface area contributed by atoms with Crippen molar-refractivity contribution in [1.29, 1.82) is 0 Å². The highest BCUT2D eigenvalue weighted by atomic mass is 16.5. The summed E-state index contributed by atoms with van der Waals surface area (Å²) in [6, 6.07) is 6.51. The number of benzene rings is 1. The number of amides is 1. The van der Waals surface area contributed by atoms with Gasteiger partial charge in [-0.05, 0) is 37.6 Å². The van der Waals surface area contributed by atoms with Crippen molar-refractivity contribution in [3.8, 4) is 5.75 Å². The number of anilines is 1. The molecule has 0 saturated heterocycles. The van der Waals surface area contributed by atoms with Gasteiger partial charge in [0.25, 0.3) is 0 Å². The van der Waals surface area contributed by atoms with Crippen molar-refractivity contribution < 1.29 is 19.4 Å². The van der Waals surface area contributed by atoms with E-state index >= 15 is 0 Å². The van der Waals surface area contributed by atoms with Crippen LogP contribution in [-0.4, -0.2) is 29.6 Å². The van der Waals surface area contributed by atoms with Crippen LogP contribution in [0.15, 0.2) is 24.3 Å². The molecule has 1 amide bonds. The fourth-order valence-corrected chi connectivity index (χ4v) is 1.36. The van der Waals surface area contributed by atoms with Gasteiger partial charge in [-0.3, -0.25) is 4.79 Å². The molecule has 0 aliphatic rings. The summed E-state index contributed by atoms with van der Waals surface area (Å²) in [5.74, 6) is -0.694. The quantitative estimate of drug-likeness (QED) is 0.688. The van der Waals surface area contributed by atoms with Crippen LogP contribution in [0.2, 0.25) is 0 Å². The van der Waals surface area contributed by atoms with Crippen molar-refractivity contribution in [2.24, 2.45) is 5.73 Å². The Kier molecular flexibility index (Phi) is 5.81. The number of carbonyl (C=O) groups is 2. The van der Waals surface area contributed by atoms with Gasteiger partial charge in [-0.2, -0.15) is 0 Å². The molecule has 1 aromatic carbocycles. The number of carboxylic acid groups (broad SMARTS) is 1. The molecule has 1 aromatic rings. The number of nitrogens with one attached hydrogen (secondary N) is 1. The Balaban J connectivity index is 2.43. The number of carboxylic acids is 1. The van der Waals surface area contributed by atoms with Crippen molar-refractivity contribution >= 4 is 17.6 Å². The van der Waals surface area contributed by atoms with Crippen molar-refractivity contribution in [1.82, 2.24) is 0 Å². The summed E-state index contributed by atoms with van der Waals surface area (Å²) >= 11 is 0. The lowest BCUT2D eigenvalue weighted by molar-refractivity contribution is -0.139. The van der Waals surface area contributed by atoms with Crippen LogP contribution in [0.3, 0.4) is 0 Å². The Morgan fingerprint density at radius 1 is 1.37 bits per heavy atom. The van der Waals surface area contributed by atoms with E-state index < -0.39 is 5.97 Å². The molecular weight excluding hydrogens is 248 g/mol. The molecule has 0 aliphatic carbocycles. The summed E-state index contributed by atoms with van der Waals surface area (Å²) in [5.41, 5.74) is 6.20. The van der Waals surface area contributed by atoms with Crippen molar-refractivity contribution in [2.75, 3.05) is 11.9 Å². The van der Waals surface area contributed by atoms with Crippen LogP contribution in [0.25, 0.3) is 0 Å². The number of aliphatic carboxylic acids is 1. The van der Waals surface area contributed by atoms with E-state index in [0.29, 0.717) is 24.3 Å². The van der Waals surface area contributed by atoms with Gasteiger partial charge >= 0.3 is 5.97 Å². The van der Waals surface area contributed by atoms with Crippen LogP contribution in [-0.2, 0) is 9.59 Å². The molecule has 0 heterocycles. The Morgan fingerprint density at radius 2 is 2.00 bits per heavy atom. The van der Waals surface area contributed by atoms with E-state index in [4.69, 9.17) is 15.6 Å². The molecule has 0 aromatic heterocycles. The molecule has 6 nitrogen and oxygen atoms in total. The van der Waals surface area contributed by atoms with Crippen LogP contribution < -0.4 is 15.8 Å². The lowest BCUT2D eigenvalue weighted by Gasteiger charge is -2.08. The highest BCUT2D eigenvalue weighted by Gasteiger charge is 2.05. The van der Waals surface area contributed by atoms with Crippen molar-refractivity contribution in [2.45, 2.75) is 25.8 Å². The third-order valence-corrected chi connectivity index (χ3v) is 2.33. The zero-order valence-electron chi connectivity index (χ0n) is 10.8. The molecule has 4 N–H and O–H groups in total. The second-order valence-corrected chi connectivity index (χ2v) is 4.27. The molecule has 1 atom stereocenters. The van der Waals surface area contributed by atoms with Gasteiger partial charge in [0.2, 0.25) is 5.91 Å². The number of rotatable bonds is 7. The number of hydrogen-bond donors (Lipinski definition) is 3. The highest BCUT2D eigenvalue weighted by molar-refractivity contribution is 5.90. The largest absolute Gasteiger partial charge is 0.482 e. The topological polar surface area (TPSA) is 102 Å². The third-order valence-electron chi connectivity index (χ3n) is 2.33. The lowest BCUT2D eigenvalue weighted by atomic mass is 10.2. The number of nitrogens with two attached hydrogens (primary N) is 1. The summed E-state index contributed by atoms with van der Waals surface area (Å²) < 4.78 is 4.98. The molecule has 104 valence electrons. The van der Waals surface area contributed by atoms with Crippen LogP contribution >= 0.6 is 0 Å². The molecule has 0 aliphatic heterocycles. The standard InChI is InChI=1S/C13H18N2O4/c1-9(14)2-7-12(16)15-10-3-5-11(6-4-10)19-8-13(17)18/h3-6,9H,2,7-8,14H2,1H3,(H,15,16)(H,17,18). The Bertz CT molecular complexity index is 429. The third kappa shape index (κ3) is 6.42. The zero-order chi connectivity index (χ0) is 14.3. The Morgan fingerprint density at radius 3 is 2.53 bits per heavy atom. The van der Waals surface area contributed by atoms with E-state index in [0.717, 1.165) is 0 Å². The van der Waals surface area contributed by atoms with Gasteiger partial charge in [-0.15, -0.1) is 0 Å². The van der Waals surface area contributed by atoms with Gasteiger partial charge in [0.15, 0.2) is 6.61 Å². The van der Waals surface area contributed by atoms with Crippen LogP contribution in [0.5, 0.6) is 5.75 Å². The normalized spacial score (nSPS) is 11.7. The fraction of sp³-hybridized carbons (Fsp3) is 0.385. The molecule has 6 heteroatoms. The summed E-state index contributed by atoms with van der Waals surface area (Å²) in [7, 11) is 0. The van der Waals surface area contributed by atoms with Crippen molar-refractivity contribution in [3.63, 3.8) is 0 Å². The fourth-order valence-electron chi connectivity index (χ4n) is 1.36. The highest BCUT2D eigenvalue weighted by Crippen LogP contribution is 2.16. The lowest BCUT2D eigenvalue weighted by Crippen LogP contribution is -2.19. The molecule has 0 bridgehead atoms. The minimum Gasteiger partial charge on any atom is -0.482 e. The van der Waals surface area contributed by atoms with Gasteiger partial charge < -0.3 is 20.9 Å². The van der Waals surface area contributed by atoms with Gasteiger partial charge in [0, 0.05) is 18.2 Å². The molecule has 1 unspecified atom stereocenters. The van der Waals surface area contributed by atoms with Crippen LogP contribution in [0, 0.1) is 0 Å². The first kappa shape index (κ1) is 15.0. The van der Waals surface area contributed by atoms with E-state index in [-0.39, 0.29) is 18.6 Å². The minimum atomic E-state index is -1.03. The maximum Gasteiger partial charge on any atom is 0.341 e. The monoisotopic (exact) mass is 266 g/mol. The Hall–Kier alpha value is -2.08. The first-order chi connectivity index (χ1) is 8.97. The average molecular weight is 266 g/mol. The molecular formula is C13H18N2O4. The van der Waals surface area contributed by atoms with E-state index in [1.165, 1.54) is 0 Å². The van der Waals surface area contributed by atoms with Crippen LogP contribution in [0.1, 0.15) is 19.8 Å². The SMILES string of the molecule is CC(N)CCC(=O)Nc1ccc(OCC(=O)O)cc1. The second-order valence-electron chi connectivity index (χ2n) is 4.27. The maximum absolute atomic E-state index is 11.5. The first-order valence-electron chi connectivity index (χ1n) is 5.97.